The second kappa shape index (κ2) is 7.10. The van der Waals surface area contributed by atoms with Gasteiger partial charge in [-0.15, -0.1) is 11.8 Å². The molecule has 20 heavy (non-hydrogen) atoms. The number of para-hydroxylation sites is 2. The van der Waals surface area contributed by atoms with Crippen molar-refractivity contribution in [1.29, 1.82) is 0 Å². The number of hydrogen-bond acceptors (Lipinski definition) is 4. The van der Waals surface area contributed by atoms with Crippen molar-refractivity contribution in [2.45, 2.75) is 11.8 Å². The summed E-state index contributed by atoms with van der Waals surface area (Å²) in [7, 11) is 1.64. The van der Waals surface area contributed by atoms with E-state index >= 15 is 0 Å². The van der Waals surface area contributed by atoms with Crippen LogP contribution in [0.25, 0.3) is 0 Å². The van der Waals surface area contributed by atoms with Gasteiger partial charge in [-0.05, 0) is 36.8 Å². The highest BCUT2D eigenvalue weighted by Gasteiger charge is 2.03. The second-order valence-corrected chi connectivity index (χ2v) is 5.53. The number of methoxy groups -OCH3 is 1. The molecule has 4 heteroatoms. The molecular formula is C16H19NO2S. The average Bonchev–Trinajstić information content (AvgIpc) is 2.46. The van der Waals surface area contributed by atoms with Gasteiger partial charge in [-0.2, -0.15) is 0 Å². The van der Waals surface area contributed by atoms with Gasteiger partial charge in [0.15, 0.2) is 11.5 Å². The number of aryl methyl sites for hydroxylation is 1. The lowest BCUT2D eigenvalue weighted by molar-refractivity contribution is 0.313. The fourth-order valence-corrected chi connectivity index (χ4v) is 2.62. The molecule has 0 saturated heterocycles. The van der Waals surface area contributed by atoms with E-state index in [-0.39, 0.29) is 0 Å². The van der Waals surface area contributed by atoms with Crippen LogP contribution in [0.1, 0.15) is 5.56 Å². The van der Waals surface area contributed by atoms with Crippen LogP contribution in [0.4, 0.5) is 5.69 Å². The van der Waals surface area contributed by atoms with Gasteiger partial charge in [-0.25, -0.2) is 0 Å². The summed E-state index contributed by atoms with van der Waals surface area (Å²) in [5.41, 5.74) is 7.98. The number of rotatable bonds is 6. The summed E-state index contributed by atoms with van der Waals surface area (Å²) in [5, 5.41) is 0. The summed E-state index contributed by atoms with van der Waals surface area (Å²) in [5.74, 6) is 2.37. The van der Waals surface area contributed by atoms with Gasteiger partial charge in [0.05, 0.1) is 13.7 Å². The number of nitrogens with two attached hydrogens (primary N) is 1. The van der Waals surface area contributed by atoms with Crippen molar-refractivity contribution in [3.8, 4) is 11.5 Å². The van der Waals surface area contributed by atoms with Crippen molar-refractivity contribution in [2.75, 3.05) is 25.2 Å². The van der Waals surface area contributed by atoms with Gasteiger partial charge in [0.2, 0.25) is 0 Å². The predicted molar refractivity (Wildman–Crippen MR) is 84.8 cm³/mol. The maximum absolute atomic E-state index is 5.98. The Morgan fingerprint density at radius 2 is 1.85 bits per heavy atom. The highest BCUT2D eigenvalue weighted by Crippen LogP contribution is 2.28. The fraction of sp³-hybridized carbons (Fsp3) is 0.250. The summed E-state index contributed by atoms with van der Waals surface area (Å²) >= 11 is 1.70. The first-order chi connectivity index (χ1) is 9.70. The summed E-state index contributed by atoms with van der Waals surface area (Å²) in [4.78, 5) is 1.10. The SMILES string of the molecule is COc1ccccc1OCCSc1ccc(C)cc1N. The fourth-order valence-electron chi connectivity index (χ4n) is 1.84. The quantitative estimate of drug-likeness (QED) is 0.499. The minimum atomic E-state index is 0.609. The third-order valence-electron chi connectivity index (χ3n) is 2.83. The van der Waals surface area contributed by atoms with Crippen LogP contribution in [0.2, 0.25) is 0 Å². The smallest absolute Gasteiger partial charge is 0.161 e. The summed E-state index contributed by atoms with van der Waals surface area (Å²) in [6.07, 6.45) is 0. The molecule has 2 rings (SSSR count). The van der Waals surface area contributed by atoms with Crippen LogP contribution in [0.15, 0.2) is 47.4 Å². The van der Waals surface area contributed by atoms with Gasteiger partial charge in [0.1, 0.15) is 0 Å². The van der Waals surface area contributed by atoms with Crippen molar-refractivity contribution in [3.05, 3.63) is 48.0 Å². The number of nitrogen functional groups attached to an aromatic ring is 1. The van der Waals surface area contributed by atoms with Crippen LogP contribution in [0.3, 0.4) is 0 Å². The van der Waals surface area contributed by atoms with E-state index in [4.69, 9.17) is 15.2 Å². The number of anilines is 1. The molecule has 0 radical (unpaired) electrons. The zero-order valence-corrected chi connectivity index (χ0v) is 12.6. The molecular weight excluding hydrogens is 270 g/mol. The number of hydrogen-bond donors (Lipinski definition) is 1. The van der Waals surface area contributed by atoms with Crippen LogP contribution in [-0.2, 0) is 0 Å². The van der Waals surface area contributed by atoms with Crippen molar-refractivity contribution in [1.82, 2.24) is 0 Å². The molecule has 0 heterocycles. The van der Waals surface area contributed by atoms with Gasteiger partial charge in [-0.1, -0.05) is 18.2 Å². The van der Waals surface area contributed by atoms with E-state index in [9.17, 15) is 0 Å². The number of ether oxygens (including phenoxy) is 2. The molecule has 0 unspecified atom stereocenters. The third-order valence-corrected chi connectivity index (χ3v) is 3.89. The first-order valence-electron chi connectivity index (χ1n) is 6.45. The van der Waals surface area contributed by atoms with E-state index in [0.29, 0.717) is 6.61 Å². The van der Waals surface area contributed by atoms with E-state index < -0.39 is 0 Å². The van der Waals surface area contributed by atoms with Crippen molar-refractivity contribution < 1.29 is 9.47 Å². The van der Waals surface area contributed by atoms with Crippen molar-refractivity contribution >= 4 is 17.4 Å². The molecule has 0 amide bonds. The Morgan fingerprint density at radius 1 is 1.10 bits per heavy atom. The number of benzene rings is 2. The molecule has 0 aromatic heterocycles. The highest BCUT2D eigenvalue weighted by molar-refractivity contribution is 7.99. The summed E-state index contributed by atoms with van der Waals surface area (Å²) in [6, 6.07) is 13.8. The molecule has 2 aromatic rings. The van der Waals surface area contributed by atoms with Gasteiger partial charge in [-0.3, -0.25) is 0 Å². The maximum Gasteiger partial charge on any atom is 0.161 e. The molecule has 2 aromatic carbocycles. The van der Waals surface area contributed by atoms with Crippen molar-refractivity contribution in [3.63, 3.8) is 0 Å². The topological polar surface area (TPSA) is 44.5 Å². The first kappa shape index (κ1) is 14.6. The Balaban J connectivity index is 1.84. The minimum Gasteiger partial charge on any atom is -0.493 e. The van der Waals surface area contributed by atoms with Crippen LogP contribution >= 0.6 is 11.8 Å². The largest absolute Gasteiger partial charge is 0.493 e. The molecule has 106 valence electrons. The Labute approximate surface area is 124 Å². The molecule has 0 bridgehead atoms. The zero-order chi connectivity index (χ0) is 14.4. The zero-order valence-electron chi connectivity index (χ0n) is 11.8. The Bertz CT molecular complexity index is 572. The summed E-state index contributed by atoms with van der Waals surface area (Å²) < 4.78 is 11.0. The van der Waals surface area contributed by atoms with E-state index in [2.05, 4.69) is 12.1 Å². The predicted octanol–water partition coefficient (Wildman–Crippen LogP) is 3.76. The second-order valence-electron chi connectivity index (χ2n) is 4.39. The molecule has 0 saturated carbocycles. The first-order valence-corrected chi connectivity index (χ1v) is 7.44. The van der Waals surface area contributed by atoms with Crippen LogP contribution in [0.5, 0.6) is 11.5 Å². The summed E-state index contributed by atoms with van der Waals surface area (Å²) in [6.45, 7) is 2.65. The highest BCUT2D eigenvalue weighted by atomic mass is 32.2. The average molecular weight is 289 g/mol. The van der Waals surface area contributed by atoms with Gasteiger partial charge < -0.3 is 15.2 Å². The molecule has 2 N–H and O–H groups in total. The van der Waals surface area contributed by atoms with Gasteiger partial charge in [0.25, 0.3) is 0 Å². The van der Waals surface area contributed by atoms with Crippen LogP contribution < -0.4 is 15.2 Å². The Kier molecular flexibility index (Phi) is 5.18. The Morgan fingerprint density at radius 3 is 2.55 bits per heavy atom. The molecule has 0 fully saturated rings. The normalized spacial score (nSPS) is 10.3. The van der Waals surface area contributed by atoms with Gasteiger partial charge >= 0.3 is 0 Å². The Hall–Kier alpha value is -1.81. The third kappa shape index (κ3) is 3.84. The number of thioether (sulfide) groups is 1. The maximum atomic E-state index is 5.98. The van der Waals surface area contributed by atoms with Crippen molar-refractivity contribution in [2.24, 2.45) is 0 Å². The standard InChI is InChI=1S/C16H19NO2S/c1-12-7-8-16(13(17)11-12)20-10-9-19-15-6-4-3-5-14(15)18-2/h3-8,11H,9-10,17H2,1-2H3. The monoisotopic (exact) mass is 289 g/mol. The lowest BCUT2D eigenvalue weighted by atomic mass is 10.2. The molecule has 0 spiro atoms. The molecule has 0 aliphatic rings. The van der Waals surface area contributed by atoms with E-state index in [1.165, 1.54) is 5.56 Å². The van der Waals surface area contributed by atoms with Crippen LogP contribution in [0, 0.1) is 6.92 Å². The van der Waals surface area contributed by atoms with E-state index in [1.807, 2.05) is 37.3 Å². The molecule has 3 nitrogen and oxygen atoms in total. The van der Waals surface area contributed by atoms with E-state index in [0.717, 1.165) is 27.8 Å². The molecule has 0 atom stereocenters. The minimum absolute atomic E-state index is 0.609. The lowest BCUT2D eigenvalue weighted by Crippen LogP contribution is -2.02. The molecule has 0 aliphatic carbocycles. The van der Waals surface area contributed by atoms with Crippen LogP contribution in [-0.4, -0.2) is 19.5 Å². The van der Waals surface area contributed by atoms with Gasteiger partial charge in [0, 0.05) is 16.3 Å². The molecule has 0 aliphatic heterocycles. The lowest BCUT2D eigenvalue weighted by Gasteiger charge is -2.10. The van der Waals surface area contributed by atoms with E-state index in [1.54, 1.807) is 18.9 Å².